The molecule has 0 bridgehead atoms. The van der Waals surface area contributed by atoms with Gasteiger partial charge in [0.2, 0.25) is 0 Å². The lowest BCUT2D eigenvalue weighted by molar-refractivity contribution is 0.102. The molecule has 1 aliphatic rings. The lowest BCUT2D eigenvalue weighted by Gasteiger charge is -2.07. The standard InChI is InChI=1S/C15H13N3OS2/c19-13(11-6-2-1-3-7-11)10-20-15-18-17-14(21-15)12-8-4-5-9-16-12/h1-9,14,17H,10H2. The quantitative estimate of drug-likeness (QED) is 0.877. The van der Waals surface area contributed by atoms with Crippen LogP contribution in [-0.2, 0) is 0 Å². The average molecular weight is 315 g/mol. The molecule has 0 radical (unpaired) electrons. The van der Waals surface area contributed by atoms with Crippen molar-refractivity contribution in [1.29, 1.82) is 0 Å². The fourth-order valence-corrected chi connectivity index (χ4v) is 3.77. The largest absolute Gasteiger partial charge is 0.293 e. The van der Waals surface area contributed by atoms with Crippen LogP contribution >= 0.6 is 23.5 Å². The first-order chi connectivity index (χ1) is 10.3. The molecule has 1 aromatic carbocycles. The first-order valence-corrected chi connectivity index (χ1v) is 8.31. The summed E-state index contributed by atoms with van der Waals surface area (Å²) in [4.78, 5) is 16.3. The number of thioether (sulfide) groups is 2. The number of pyridine rings is 1. The van der Waals surface area contributed by atoms with Crippen LogP contribution in [0, 0.1) is 0 Å². The number of hydrogen-bond donors (Lipinski definition) is 1. The summed E-state index contributed by atoms with van der Waals surface area (Å²) in [6.45, 7) is 0. The van der Waals surface area contributed by atoms with Crippen LogP contribution in [0.15, 0.2) is 59.8 Å². The van der Waals surface area contributed by atoms with E-state index in [0.717, 1.165) is 15.6 Å². The number of carbonyl (C=O) groups is 1. The van der Waals surface area contributed by atoms with Gasteiger partial charge in [0.15, 0.2) is 10.2 Å². The molecule has 0 spiro atoms. The van der Waals surface area contributed by atoms with E-state index in [-0.39, 0.29) is 11.2 Å². The first kappa shape index (κ1) is 14.2. The molecule has 0 fully saturated rings. The van der Waals surface area contributed by atoms with Crippen LogP contribution in [0.4, 0.5) is 0 Å². The molecule has 1 unspecified atom stereocenters. The summed E-state index contributed by atoms with van der Waals surface area (Å²) in [5.74, 6) is 0.511. The smallest absolute Gasteiger partial charge is 0.173 e. The van der Waals surface area contributed by atoms with Gasteiger partial charge in [0.05, 0.1) is 11.4 Å². The van der Waals surface area contributed by atoms with E-state index in [1.807, 2.05) is 48.5 Å². The molecular weight excluding hydrogens is 302 g/mol. The molecule has 1 aromatic heterocycles. The number of carbonyl (C=O) groups excluding carboxylic acids is 1. The van der Waals surface area contributed by atoms with Crippen LogP contribution in [0.3, 0.4) is 0 Å². The van der Waals surface area contributed by atoms with Crippen LogP contribution in [0.25, 0.3) is 0 Å². The Morgan fingerprint density at radius 3 is 2.76 bits per heavy atom. The summed E-state index contributed by atoms with van der Waals surface area (Å²) in [6.07, 6.45) is 1.77. The molecular formula is C15H13N3OS2. The van der Waals surface area contributed by atoms with E-state index in [1.165, 1.54) is 11.8 Å². The van der Waals surface area contributed by atoms with Crippen LogP contribution in [0.2, 0.25) is 0 Å². The lowest BCUT2D eigenvalue weighted by atomic mass is 10.2. The van der Waals surface area contributed by atoms with E-state index in [2.05, 4.69) is 15.5 Å². The summed E-state index contributed by atoms with van der Waals surface area (Å²) >= 11 is 3.05. The van der Waals surface area contributed by atoms with Crippen molar-refractivity contribution in [3.05, 3.63) is 66.0 Å². The Morgan fingerprint density at radius 1 is 1.19 bits per heavy atom. The van der Waals surface area contributed by atoms with E-state index >= 15 is 0 Å². The van der Waals surface area contributed by atoms with E-state index in [0.29, 0.717) is 5.75 Å². The molecule has 4 nitrogen and oxygen atoms in total. The molecule has 3 rings (SSSR count). The molecule has 1 atom stereocenters. The van der Waals surface area contributed by atoms with Crippen LogP contribution in [0.5, 0.6) is 0 Å². The van der Waals surface area contributed by atoms with Crippen LogP contribution in [0.1, 0.15) is 21.4 Å². The Morgan fingerprint density at radius 2 is 2.00 bits per heavy atom. The van der Waals surface area contributed by atoms with E-state index in [9.17, 15) is 4.79 Å². The highest BCUT2D eigenvalue weighted by Gasteiger charge is 2.22. The number of aromatic nitrogens is 1. The van der Waals surface area contributed by atoms with Gasteiger partial charge in [-0.25, -0.2) is 0 Å². The highest BCUT2D eigenvalue weighted by Crippen LogP contribution is 2.34. The minimum Gasteiger partial charge on any atom is -0.293 e. The zero-order valence-electron chi connectivity index (χ0n) is 11.1. The number of ketones is 1. The maximum absolute atomic E-state index is 12.0. The zero-order valence-corrected chi connectivity index (χ0v) is 12.7. The highest BCUT2D eigenvalue weighted by molar-refractivity contribution is 8.39. The molecule has 21 heavy (non-hydrogen) atoms. The van der Waals surface area contributed by atoms with Gasteiger partial charge in [0, 0.05) is 11.8 Å². The second-order valence-electron chi connectivity index (χ2n) is 4.34. The van der Waals surface area contributed by atoms with Gasteiger partial charge in [0.1, 0.15) is 5.37 Å². The molecule has 6 heteroatoms. The van der Waals surface area contributed by atoms with Gasteiger partial charge in [-0.1, -0.05) is 59.9 Å². The second kappa shape index (κ2) is 6.78. The molecule has 2 heterocycles. The van der Waals surface area contributed by atoms with Gasteiger partial charge in [-0.05, 0) is 12.1 Å². The van der Waals surface area contributed by atoms with Gasteiger partial charge < -0.3 is 0 Å². The highest BCUT2D eigenvalue weighted by atomic mass is 32.2. The fourth-order valence-electron chi connectivity index (χ4n) is 1.82. The molecule has 0 amide bonds. The number of nitrogens with zero attached hydrogens (tertiary/aromatic N) is 2. The third-order valence-electron chi connectivity index (χ3n) is 2.87. The third-order valence-corrected chi connectivity index (χ3v) is 5.13. The van der Waals surface area contributed by atoms with E-state index in [1.54, 1.807) is 18.0 Å². The number of rotatable bonds is 4. The van der Waals surface area contributed by atoms with Crippen molar-refractivity contribution >= 4 is 33.7 Å². The fraction of sp³-hybridized carbons (Fsp3) is 0.133. The Bertz CT molecular complexity index is 646. The third kappa shape index (κ3) is 3.65. The van der Waals surface area contributed by atoms with Gasteiger partial charge in [-0.3, -0.25) is 15.2 Å². The number of hydrazone groups is 1. The number of Topliss-reactive ketones (excluding diaryl/α,β-unsaturated/α-hetero) is 1. The molecule has 0 aliphatic carbocycles. The van der Waals surface area contributed by atoms with Crippen molar-refractivity contribution < 1.29 is 4.79 Å². The van der Waals surface area contributed by atoms with Gasteiger partial charge in [0.25, 0.3) is 0 Å². The Labute approximate surface area is 131 Å². The maximum Gasteiger partial charge on any atom is 0.173 e. The Kier molecular flexibility index (Phi) is 4.57. The summed E-state index contributed by atoms with van der Waals surface area (Å²) in [6, 6.07) is 15.1. The zero-order chi connectivity index (χ0) is 14.5. The van der Waals surface area contributed by atoms with Crippen molar-refractivity contribution in [2.75, 3.05) is 5.75 Å². The molecule has 1 aliphatic heterocycles. The van der Waals surface area contributed by atoms with Crippen molar-refractivity contribution in [3.63, 3.8) is 0 Å². The number of benzene rings is 1. The lowest BCUT2D eigenvalue weighted by Crippen LogP contribution is -2.07. The predicted molar refractivity (Wildman–Crippen MR) is 88.4 cm³/mol. The van der Waals surface area contributed by atoms with Gasteiger partial charge in [-0.15, -0.1) is 0 Å². The Balaban J connectivity index is 1.53. The van der Waals surface area contributed by atoms with Crippen molar-refractivity contribution in [1.82, 2.24) is 10.4 Å². The molecule has 0 saturated heterocycles. The predicted octanol–water partition coefficient (Wildman–Crippen LogP) is 3.30. The van der Waals surface area contributed by atoms with Crippen molar-refractivity contribution in [2.24, 2.45) is 5.10 Å². The topological polar surface area (TPSA) is 54.4 Å². The minimum atomic E-state index is 0.0283. The van der Waals surface area contributed by atoms with Crippen molar-refractivity contribution in [2.45, 2.75) is 5.37 Å². The molecule has 1 N–H and O–H groups in total. The van der Waals surface area contributed by atoms with E-state index in [4.69, 9.17) is 0 Å². The monoisotopic (exact) mass is 315 g/mol. The molecule has 2 aromatic rings. The summed E-state index contributed by atoms with van der Waals surface area (Å²) in [7, 11) is 0. The van der Waals surface area contributed by atoms with E-state index < -0.39 is 0 Å². The minimum absolute atomic E-state index is 0.0283. The SMILES string of the molecule is O=C(CSC1=NNC(c2ccccn2)S1)c1ccccc1. The summed E-state index contributed by atoms with van der Waals surface area (Å²) in [5.41, 5.74) is 4.72. The average Bonchev–Trinajstić information content (AvgIpc) is 3.03. The normalized spacial score (nSPS) is 17.1. The van der Waals surface area contributed by atoms with Crippen LogP contribution < -0.4 is 5.43 Å². The second-order valence-corrected chi connectivity index (χ2v) is 6.65. The van der Waals surface area contributed by atoms with Gasteiger partial charge in [-0.2, -0.15) is 5.10 Å². The summed E-state index contributed by atoms with van der Waals surface area (Å²) < 4.78 is 0.870. The number of nitrogens with one attached hydrogen (secondary N) is 1. The van der Waals surface area contributed by atoms with Crippen molar-refractivity contribution in [3.8, 4) is 0 Å². The van der Waals surface area contributed by atoms with Gasteiger partial charge >= 0.3 is 0 Å². The van der Waals surface area contributed by atoms with Crippen LogP contribution in [-0.4, -0.2) is 20.9 Å². The molecule has 106 valence electrons. The Hall–Kier alpha value is -1.79. The first-order valence-electron chi connectivity index (χ1n) is 6.45. The number of hydrogen-bond acceptors (Lipinski definition) is 6. The summed E-state index contributed by atoms with van der Waals surface area (Å²) in [5, 5.41) is 4.29. The maximum atomic E-state index is 12.0. The molecule has 0 saturated carbocycles.